The lowest BCUT2D eigenvalue weighted by Gasteiger charge is -2.25. The van der Waals surface area contributed by atoms with E-state index < -0.39 is 0 Å². The summed E-state index contributed by atoms with van der Waals surface area (Å²) in [5, 5.41) is 8.70. The monoisotopic (exact) mass is 325 g/mol. The third kappa shape index (κ3) is 3.02. The minimum absolute atomic E-state index is 0.0695. The molecule has 0 atom stereocenters. The van der Waals surface area contributed by atoms with Crippen molar-refractivity contribution in [3.8, 4) is 0 Å². The van der Waals surface area contributed by atoms with Crippen LogP contribution in [-0.4, -0.2) is 20.9 Å². The molecule has 0 radical (unpaired) electrons. The van der Waals surface area contributed by atoms with Crippen LogP contribution in [0.15, 0.2) is 60.2 Å². The molecule has 0 saturated carbocycles. The molecule has 0 spiro atoms. The fourth-order valence-electron chi connectivity index (χ4n) is 2.67. The Morgan fingerprint density at radius 2 is 1.65 bits per heavy atom. The first-order valence-corrected chi connectivity index (χ1v) is 8.21. The van der Waals surface area contributed by atoms with E-state index in [1.807, 2.05) is 47.1 Å². The zero-order valence-electron chi connectivity index (χ0n) is 13.6. The van der Waals surface area contributed by atoms with Gasteiger partial charge in [-0.3, -0.25) is 0 Å². The number of hydrogen-bond donors (Lipinski definition) is 0. The van der Waals surface area contributed by atoms with Crippen LogP contribution >= 0.6 is 11.6 Å². The molecule has 0 bridgehead atoms. The van der Waals surface area contributed by atoms with Crippen LogP contribution in [0.25, 0.3) is 16.7 Å². The van der Waals surface area contributed by atoms with E-state index in [-0.39, 0.29) is 5.41 Å². The molecule has 23 heavy (non-hydrogen) atoms. The highest BCUT2D eigenvalue weighted by atomic mass is 35.5. The molecule has 0 saturated heterocycles. The van der Waals surface area contributed by atoms with Crippen molar-refractivity contribution < 1.29 is 0 Å². The molecule has 1 heterocycles. The fourth-order valence-corrected chi connectivity index (χ4v) is 3.20. The molecule has 0 N–H and O–H groups in total. The minimum Gasteiger partial charge on any atom is -0.212 e. The maximum atomic E-state index is 6.35. The quantitative estimate of drug-likeness (QED) is 0.636. The summed E-state index contributed by atoms with van der Waals surface area (Å²) in [6.45, 7) is 6.52. The largest absolute Gasteiger partial charge is 0.212 e. The Bertz CT molecular complexity index is 842. The van der Waals surface area contributed by atoms with E-state index in [1.165, 1.54) is 0 Å². The van der Waals surface area contributed by atoms with Crippen molar-refractivity contribution in [2.24, 2.45) is 5.41 Å². The van der Waals surface area contributed by atoms with Crippen LogP contribution in [-0.2, 0) is 0 Å². The van der Waals surface area contributed by atoms with E-state index >= 15 is 0 Å². The van der Waals surface area contributed by atoms with E-state index in [0.29, 0.717) is 5.88 Å². The number of para-hydroxylation sites is 1. The van der Waals surface area contributed by atoms with Crippen LogP contribution < -0.4 is 0 Å². The van der Waals surface area contributed by atoms with Crippen LogP contribution in [0.2, 0.25) is 0 Å². The molecular weight excluding hydrogens is 306 g/mol. The summed E-state index contributed by atoms with van der Waals surface area (Å²) >= 11 is 6.35. The number of hydrogen-bond acceptors (Lipinski definition) is 2. The maximum Gasteiger partial charge on any atom is 0.113 e. The predicted octanol–water partition coefficient (Wildman–Crippen LogP) is 4.98. The molecule has 2 aromatic carbocycles. The normalized spacial score (nSPS) is 13.2. The topological polar surface area (TPSA) is 30.7 Å². The summed E-state index contributed by atoms with van der Waals surface area (Å²) < 4.78 is 1.91. The second-order valence-corrected chi connectivity index (χ2v) is 6.83. The van der Waals surface area contributed by atoms with Gasteiger partial charge in [0, 0.05) is 11.4 Å². The van der Waals surface area contributed by atoms with Gasteiger partial charge in [-0.1, -0.05) is 68.4 Å². The number of halogens is 1. The van der Waals surface area contributed by atoms with Crippen LogP contribution in [0, 0.1) is 5.41 Å². The van der Waals surface area contributed by atoms with E-state index in [2.05, 4.69) is 43.2 Å². The molecular formula is C19H20ClN3. The molecule has 4 heteroatoms. The molecule has 0 aliphatic rings. The number of alkyl halides is 1. The molecule has 118 valence electrons. The lowest BCUT2D eigenvalue weighted by atomic mass is 9.84. The van der Waals surface area contributed by atoms with Crippen LogP contribution in [0.5, 0.6) is 0 Å². The SMILES string of the molecule is CC(C)(C)/C(CCl)=C(\c1ccccc1)n1nnc2ccccc21. The van der Waals surface area contributed by atoms with Gasteiger partial charge in [0.15, 0.2) is 0 Å². The average Bonchev–Trinajstić information content (AvgIpc) is 2.96. The van der Waals surface area contributed by atoms with Gasteiger partial charge in [-0.2, -0.15) is 0 Å². The number of fused-ring (bicyclic) bond motifs is 1. The summed E-state index contributed by atoms with van der Waals surface area (Å²) in [5.41, 5.74) is 5.04. The fraction of sp³-hybridized carbons (Fsp3) is 0.263. The smallest absolute Gasteiger partial charge is 0.113 e. The molecule has 3 aromatic rings. The first-order valence-electron chi connectivity index (χ1n) is 7.68. The summed E-state index contributed by atoms with van der Waals surface area (Å²) in [7, 11) is 0. The van der Waals surface area contributed by atoms with Gasteiger partial charge >= 0.3 is 0 Å². The zero-order chi connectivity index (χ0) is 16.4. The lowest BCUT2D eigenvalue weighted by molar-refractivity contribution is 0.504. The molecule has 0 aliphatic carbocycles. The number of allylic oxidation sites excluding steroid dienone is 1. The highest BCUT2D eigenvalue weighted by Crippen LogP contribution is 2.35. The first-order chi connectivity index (χ1) is 11.0. The highest BCUT2D eigenvalue weighted by Gasteiger charge is 2.24. The Labute approximate surface area is 141 Å². The Hall–Kier alpha value is -2.13. The lowest BCUT2D eigenvalue weighted by Crippen LogP contribution is -2.17. The zero-order valence-corrected chi connectivity index (χ0v) is 14.4. The molecule has 0 unspecified atom stereocenters. The van der Waals surface area contributed by atoms with Gasteiger partial charge in [0.2, 0.25) is 0 Å². The van der Waals surface area contributed by atoms with Gasteiger partial charge in [-0.05, 0) is 23.1 Å². The summed E-state index contributed by atoms with van der Waals surface area (Å²) in [6, 6.07) is 18.2. The van der Waals surface area contributed by atoms with Crippen LogP contribution in [0.1, 0.15) is 26.3 Å². The standard InChI is InChI=1S/C19H20ClN3/c1-19(2,3)15(13-20)18(14-9-5-4-6-10-14)23-17-12-8-7-11-16(17)21-22-23/h4-12H,13H2,1-3H3/b18-15+. The van der Waals surface area contributed by atoms with Crippen LogP contribution in [0.4, 0.5) is 0 Å². The average molecular weight is 326 g/mol. The van der Waals surface area contributed by atoms with Crippen molar-refractivity contribution in [2.75, 3.05) is 5.88 Å². The van der Waals surface area contributed by atoms with Gasteiger partial charge in [0.1, 0.15) is 5.52 Å². The molecule has 0 fully saturated rings. The van der Waals surface area contributed by atoms with Gasteiger partial charge in [-0.25, -0.2) is 4.68 Å². The first kappa shape index (κ1) is 15.8. The summed E-state index contributed by atoms with van der Waals surface area (Å²) in [5.74, 6) is 0.446. The molecule has 0 amide bonds. The van der Waals surface area contributed by atoms with E-state index in [0.717, 1.165) is 27.9 Å². The van der Waals surface area contributed by atoms with Gasteiger partial charge in [0.25, 0.3) is 0 Å². The second kappa shape index (κ2) is 6.17. The molecule has 3 rings (SSSR count). The Balaban J connectivity index is 2.35. The van der Waals surface area contributed by atoms with Gasteiger partial charge in [0.05, 0.1) is 11.2 Å². The van der Waals surface area contributed by atoms with Crippen molar-refractivity contribution in [3.63, 3.8) is 0 Å². The Morgan fingerprint density at radius 3 is 2.30 bits per heavy atom. The molecule has 1 aromatic heterocycles. The Morgan fingerprint density at radius 1 is 1.00 bits per heavy atom. The predicted molar refractivity (Wildman–Crippen MR) is 96.5 cm³/mol. The highest BCUT2D eigenvalue weighted by molar-refractivity contribution is 6.20. The number of benzene rings is 2. The minimum atomic E-state index is -0.0695. The number of rotatable bonds is 3. The van der Waals surface area contributed by atoms with Crippen LogP contribution in [0.3, 0.4) is 0 Å². The number of nitrogens with zero attached hydrogens (tertiary/aromatic N) is 3. The third-order valence-corrected chi connectivity index (χ3v) is 4.20. The van der Waals surface area contributed by atoms with E-state index in [4.69, 9.17) is 11.6 Å². The van der Waals surface area contributed by atoms with E-state index in [1.54, 1.807) is 0 Å². The molecule has 3 nitrogen and oxygen atoms in total. The van der Waals surface area contributed by atoms with E-state index in [9.17, 15) is 0 Å². The van der Waals surface area contributed by atoms with Crippen molar-refractivity contribution in [1.82, 2.24) is 15.0 Å². The van der Waals surface area contributed by atoms with Gasteiger partial charge < -0.3 is 0 Å². The second-order valence-electron chi connectivity index (χ2n) is 6.57. The Kier molecular flexibility index (Phi) is 4.22. The van der Waals surface area contributed by atoms with Gasteiger partial charge in [-0.15, -0.1) is 16.7 Å². The number of aromatic nitrogens is 3. The van der Waals surface area contributed by atoms with Crippen molar-refractivity contribution in [1.29, 1.82) is 0 Å². The summed E-state index contributed by atoms with van der Waals surface area (Å²) in [4.78, 5) is 0. The molecule has 0 aliphatic heterocycles. The third-order valence-electron chi connectivity index (χ3n) is 3.94. The summed E-state index contributed by atoms with van der Waals surface area (Å²) in [6.07, 6.45) is 0. The van der Waals surface area contributed by atoms with Crippen molar-refractivity contribution in [2.45, 2.75) is 20.8 Å². The van der Waals surface area contributed by atoms with Crippen molar-refractivity contribution in [3.05, 3.63) is 65.7 Å². The van der Waals surface area contributed by atoms with Crippen molar-refractivity contribution >= 4 is 28.3 Å². The maximum absolute atomic E-state index is 6.35.